The number of aromatic nitrogens is 3. The Bertz CT molecular complexity index is 605. The van der Waals surface area contributed by atoms with Crippen LogP contribution in [0.5, 0.6) is 0 Å². The number of rotatable bonds is 2. The number of benzene rings is 1. The molecule has 0 saturated carbocycles. The molecule has 0 unspecified atom stereocenters. The topological polar surface area (TPSA) is 39.8 Å². The monoisotopic (exact) mass is 327 g/mol. The molecule has 18 heavy (non-hydrogen) atoms. The average Bonchev–Trinajstić information content (AvgIpc) is 2.60. The van der Waals surface area contributed by atoms with Gasteiger partial charge < -0.3 is 0 Å². The molecular formula is C9H5Cl3FN3OS. The SMILES string of the molecule is O=c1n(-c2ccc(F)cc2)cnn1SC(Cl)(Cl)Cl. The number of hydrogen-bond donors (Lipinski definition) is 0. The molecule has 0 atom stereocenters. The second kappa shape index (κ2) is 5.13. The van der Waals surface area contributed by atoms with Gasteiger partial charge in [0.15, 0.2) is 0 Å². The molecule has 0 fully saturated rings. The summed E-state index contributed by atoms with van der Waals surface area (Å²) in [5.74, 6) is -0.394. The summed E-state index contributed by atoms with van der Waals surface area (Å²) in [6.07, 6.45) is 1.26. The van der Waals surface area contributed by atoms with E-state index in [9.17, 15) is 9.18 Å². The van der Waals surface area contributed by atoms with Gasteiger partial charge in [0.2, 0.25) is 0 Å². The molecule has 0 aliphatic carbocycles. The van der Waals surface area contributed by atoms with Gasteiger partial charge in [-0.25, -0.2) is 13.8 Å². The van der Waals surface area contributed by atoms with Crippen molar-refractivity contribution in [1.29, 1.82) is 0 Å². The van der Waals surface area contributed by atoms with Crippen molar-refractivity contribution in [3.05, 3.63) is 46.9 Å². The van der Waals surface area contributed by atoms with Gasteiger partial charge in [-0.1, -0.05) is 34.8 Å². The van der Waals surface area contributed by atoms with E-state index in [1.807, 2.05) is 0 Å². The van der Waals surface area contributed by atoms with Crippen LogP contribution in [0.15, 0.2) is 35.4 Å². The van der Waals surface area contributed by atoms with Crippen LogP contribution in [0.3, 0.4) is 0 Å². The Morgan fingerprint density at radius 1 is 1.22 bits per heavy atom. The summed E-state index contributed by atoms with van der Waals surface area (Å²) in [6, 6.07) is 5.37. The van der Waals surface area contributed by atoms with Crippen LogP contribution in [0.25, 0.3) is 5.69 Å². The van der Waals surface area contributed by atoms with Crippen molar-refractivity contribution in [2.24, 2.45) is 0 Å². The van der Waals surface area contributed by atoms with Gasteiger partial charge in [0.25, 0.3) is 3.12 Å². The fourth-order valence-corrected chi connectivity index (χ4v) is 2.27. The highest BCUT2D eigenvalue weighted by atomic mass is 35.6. The van der Waals surface area contributed by atoms with Gasteiger partial charge in [0, 0.05) is 11.9 Å². The molecule has 1 heterocycles. The van der Waals surface area contributed by atoms with Crippen molar-refractivity contribution in [3.8, 4) is 5.69 Å². The van der Waals surface area contributed by atoms with E-state index in [-0.39, 0.29) is 0 Å². The van der Waals surface area contributed by atoms with Crippen LogP contribution < -0.4 is 5.69 Å². The normalized spacial score (nSPS) is 11.8. The second-order valence-electron chi connectivity index (χ2n) is 3.17. The Morgan fingerprint density at radius 2 is 1.83 bits per heavy atom. The molecule has 1 aromatic carbocycles. The summed E-state index contributed by atoms with van der Waals surface area (Å²) in [6.45, 7) is 0. The molecule has 96 valence electrons. The Morgan fingerprint density at radius 3 is 2.39 bits per heavy atom. The molecule has 0 bridgehead atoms. The lowest BCUT2D eigenvalue weighted by molar-refractivity contribution is 0.627. The zero-order valence-electron chi connectivity index (χ0n) is 8.56. The predicted molar refractivity (Wildman–Crippen MR) is 71.1 cm³/mol. The molecule has 0 N–H and O–H groups in total. The largest absolute Gasteiger partial charge is 0.361 e. The zero-order chi connectivity index (χ0) is 13.3. The maximum absolute atomic E-state index is 12.8. The van der Waals surface area contributed by atoms with E-state index >= 15 is 0 Å². The molecular weight excluding hydrogens is 324 g/mol. The molecule has 0 spiro atoms. The highest BCUT2D eigenvalue weighted by Crippen LogP contribution is 2.38. The van der Waals surface area contributed by atoms with E-state index in [1.165, 1.54) is 35.2 Å². The van der Waals surface area contributed by atoms with Crippen molar-refractivity contribution in [2.75, 3.05) is 0 Å². The van der Waals surface area contributed by atoms with Crippen molar-refractivity contribution < 1.29 is 4.39 Å². The predicted octanol–water partition coefficient (Wildman–Crippen LogP) is 3.00. The smallest absolute Gasteiger partial charge is 0.249 e. The third kappa shape index (κ3) is 3.20. The van der Waals surface area contributed by atoms with Gasteiger partial charge in [-0.15, -0.1) is 9.19 Å². The summed E-state index contributed by atoms with van der Waals surface area (Å²) in [5, 5.41) is 3.78. The molecule has 0 amide bonds. The van der Waals surface area contributed by atoms with Crippen LogP contribution in [-0.4, -0.2) is 16.9 Å². The van der Waals surface area contributed by atoms with Crippen LogP contribution in [0.4, 0.5) is 4.39 Å². The molecule has 0 radical (unpaired) electrons. The van der Waals surface area contributed by atoms with E-state index in [1.54, 1.807) is 0 Å². The zero-order valence-corrected chi connectivity index (χ0v) is 11.6. The van der Waals surface area contributed by atoms with Crippen LogP contribution in [0, 0.1) is 5.82 Å². The summed E-state index contributed by atoms with van der Waals surface area (Å²) in [5.41, 5.74) is -0.0319. The van der Waals surface area contributed by atoms with Gasteiger partial charge in [0.1, 0.15) is 12.1 Å². The van der Waals surface area contributed by atoms with Crippen LogP contribution >= 0.6 is 46.8 Å². The molecule has 1 aromatic heterocycles. The second-order valence-corrected chi connectivity index (χ2v) is 7.26. The summed E-state index contributed by atoms with van der Waals surface area (Å²) in [4.78, 5) is 11.9. The highest BCUT2D eigenvalue weighted by Gasteiger charge is 2.24. The van der Waals surface area contributed by atoms with E-state index in [0.29, 0.717) is 17.6 Å². The minimum atomic E-state index is -1.69. The molecule has 2 aromatic rings. The lowest BCUT2D eigenvalue weighted by Crippen LogP contribution is -2.22. The van der Waals surface area contributed by atoms with Crippen molar-refractivity contribution in [3.63, 3.8) is 0 Å². The molecule has 0 aliphatic rings. The minimum absolute atomic E-state index is 0.394. The minimum Gasteiger partial charge on any atom is -0.249 e. The number of halogens is 4. The van der Waals surface area contributed by atoms with E-state index in [4.69, 9.17) is 34.8 Å². The van der Waals surface area contributed by atoms with Gasteiger partial charge in [-0.2, -0.15) is 0 Å². The Balaban J connectivity index is 2.37. The molecule has 9 heteroatoms. The Hall–Kier alpha value is -0.690. The van der Waals surface area contributed by atoms with Crippen LogP contribution in [0.2, 0.25) is 0 Å². The Labute approximate surface area is 120 Å². The van der Waals surface area contributed by atoms with Crippen molar-refractivity contribution >= 4 is 46.8 Å². The molecule has 2 rings (SSSR count). The third-order valence-electron chi connectivity index (χ3n) is 1.94. The van der Waals surface area contributed by atoms with Crippen LogP contribution in [-0.2, 0) is 0 Å². The highest BCUT2D eigenvalue weighted by molar-refractivity contribution is 8.03. The molecule has 0 aliphatic heterocycles. The van der Waals surface area contributed by atoms with E-state index in [0.717, 1.165) is 4.09 Å². The maximum Gasteiger partial charge on any atom is 0.361 e. The maximum atomic E-state index is 12.8. The molecule has 4 nitrogen and oxygen atoms in total. The quantitative estimate of drug-likeness (QED) is 0.796. The summed E-state index contributed by atoms with van der Waals surface area (Å²) in [7, 11) is 0. The van der Waals surface area contributed by atoms with Gasteiger partial charge in [0.05, 0.1) is 5.69 Å². The lowest BCUT2D eigenvalue weighted by atomic mass is 10.3. The van der Waals surface area contributed by atoms with E-state index in [2.05, 4.69) is 5.10 Å². The van der Waals surface area contributed by atoms with Crippen molar-refractivity contribution in [2.45, 2.75) is 3.12 Å². The van der Waals surface area contributed by atoms with Gasteiger partial charge >= 0.3 is 5.69 Å². The first-order chi connectivity index (χ1) is 8.37. The fourth-order valence-electron chi connectivity index (χ4n) is 1.23. The van der Waals surface area contributed by atoms with Gasteiger partial charge in [-0.05, 0) is 24.3 Å². The standard InChI is InChI=1S/C9H5Cl3FN3OS/c10-9(11,12)18-16-8(17)15(5-14-16)7-3-1-6(13)2-4-7/h1-5H. The number of hydrogen-bond acceptors (Lipinski definition) is 3. The fraction of sp³-hybridized carbons (Fsp3) is 0.111. The molecule has 0 saturated heterocycles. The first kappa shape index (κ1) is 13.7. The van der Waals surface area contributed by atoms with E-state index < -0.39 is 14.6 Å². The summed E-state index contributed by atoms with van der Waals surface area (Å²) >= 11 is 17.3. The van der Waals surface area contributed by atoms with Crippen molar-refractivity contribution in [1.82, 2.24) is 13.8 Å². The third-order valence-corrected chi connectivity index (χ3v) is 3.19. The number of alkyl halides is 3. The number of nitrogens with zero attached hydrogens (tertiary/aromatic N) is 3. The summed E-state index contributed by atoms with van der Waals surface area (Å²) < 4.78 is 13.2. The first-order valence-corrected chi connectivity index (χ1v) is 6.46. The average molecular weight is 329 g/mol. The lowest BCUT2D eigenvalue weighted by Gasteiger charge is -2.07. The van der Waals surface area contributed by atoms with Crippen LogP contribution in [0.1, 0.15) is 0 Å². The first-order valence-electron chi connectivity index (χ1n) is 4.56. The van der Waals surface area contributed by atoms with Gasteiger partial charge in [-0.3, -0.25) is 0 Å². The Kier molecular flexibility index (Phi) is 3.91.